The monoisotopic (exact) mass is 328 g/mol. The normalized spacial score (nSPS) is 10.6. The van der Waals surface area contributed by atoms with Crippen LogP contribution in [0.1, 0.15) is 11.1 Å². The Kier molecular flexibility index (Phi) is 4.15. The van der Waals surface area contributed by atoms with E-state index in [2.05, 4.69) is 36.4 Å². The molecule has 2 heterocycles. The second-order valence-corrected chi connectivity index (χ2v) is 5.06. The van der Waals surface area contributed by atoms with Crippen molar-refractivity contribution < 1.29 is 13.9 Å². The number of hydrogen-bond acceptors (Lipinski definition) is 8. The van der Waals surface area contributed by atoms with E-state index in [4.69, 9.17) is 10.2 Å². The number of carbonyl (C=O) groups is 1. The molecule has 0 bridgehead atoms. The largest absolute Gasteiger partial charge is 0.453 e. The Hall–Kier alpha value is -3.36. The molecule has 0 aliphatic carbocycles. The Morgan fingerprint density at radius 3 is 2.92 bits per heavy atom. The maximum atomic E-state index is 11.2. The lowest BCUT2D eigenvalue weighted by molar-refractivity contribution is 0.186. The minimum absolute atomic E-state index is 0.0370. The van der Waals surface area contributed by atoms with Gasteiger partial charge in [0.25, 0.3) is 5.71 Å². The molecule has 0 aliphatic heterocycles. The number of rotatable bonds is 4. The van der Waals surface area contributed by atoms with Crippen molar-refractivity contribution in [3.8, 4) is 0 Å². The average Bonchev–Trinajstić information content (AvgIpc) is 2.94. The van der Waals surface area contributed by atoms with E-state index < -0.39 is 6.09 Å². The standard InChI is InChI=1S/C15H16N6O3/c1-8-4-3-5-9(6-8)7-17-11-10-12(20-13(16)19-11)24-14(18-10)21-15(22)23-2/h3-6H,7H2,1-2H3,(H,18,21,22)(H3,16,17,19,20). The summed E-state index contributed by atoms with van der Waals surface area (Å²) < 4.78 is 9.83. The van der Waals surface area contributed by atoms with Crippen LogP contribution in [0.2, 0.25) is 0 Å². The number of hydrogen-bond donors (Lipinski definition) is 3. The third-order valence-electron chi connectivity index (χ3n) is 3.21. The van der Waals surface area contributed by atoms with Crippen LogP contribution in [0.5, 0.6) is 0 Å². The van der Waals surface area contributed by atoms with E-state index in [1.807, 2.05) is 25.1 Å². The highest BCUT2D eigenvalue weighted by atomic mass is 16.5. The molecule has 9 heteroatoms. The van der Waals surface area contributed by atoms with Crippen molar-refractivity contribution in [3.63, 3.8) is 0 Å². The van der Waals surface area contributed by atoms with E-state index in [0.717, 1.165) is 11.1 Å². The molecule has 0 fully saturated rings. The lowest BCUT2D eigenvalue weighted by atomic mass is 10.1. The molecule has 1 amide bonds. The molecule has 0 aliphatic rings. The molecule has 0 atom stereocenters. The van der Waals surface area contributed by atoms with Gasteiger partial charge in [-0.25, -0.2) is 10.1 Å². The molecule has 4 N–H and O–H groups in total. The van der Waals surface area contributed by atoms with Crippen molar-refractivity contribution in [3.05, 3.63) is 35.4 Å². The number of fused-ring (bicyclic) bond motifs is 1. The fourth-order valence-electron chi connectivity index (χ4n) is 2.16. The van der Waals surface area contributed by atoms with E-state index in [1.165, 1.54) is 7.11 Å². The fraction of sp³-hybridized carbons (Fsp3) is 0.200. The molecular weight excluding hydrogens is 312 g/mol. The quantitative estimate of drug-likeness (QED) is 0.665. The number of ether oxygens (including phenoxy) is 1. The van der Waals surface area contributed by atoms with Gasteiger partial charge in [0.2, 0.25) is 5.95 Å². The van der Waals surface area contributed by atoms with Crippen molar-refractivity contribution >= 4 is 35.1 Å². The molecule has 3 aromatic rings. The third kappa shape index (κ3) is 3.35. The molecule has 1 aromatic carbocycles. The van der Waals surface area contributed by atoms with Crippen molar-refractivity contribution in [2.24, 2.45) is 0 Å². The summed E-state index contributed by atoms with van der Waals surface area (Å²) in [6.07, 6.45) is -0.697. The number of benzene rings is 1. The molecule has 124 valence electrons. The Morgan fingerprint density at radius 2 is 2.17 bits per heavy atom. The molecule has 0 saturated heterocycles. The molecule has 0 spiro atoms. The van der Waals surface area contributed by atoms with Crippen molar-refractivity contribution in [1.29, 1.82) is 0 Å². The molecule has 2 aromatic heterocycles. The van der Waals surface area contributed by atoms with E-state index in [-0.39, 0.29) is 17.7 Å². The van der Waals surface area contributed by atoms with Crippen LogP contribution in [0, 0.1) is 6.92 Å². The van der Waals surface area contributed by atoms with Crippen molar-refractivity contribution in [2.75, 3.05) is 23.5 Å². The number of anilines is 3. The summed E-state index contributed by atoms with van der Waals surface area (Å²) in [5, 5.41) is 5.49. The van der Waals surface area contributed by atoms with Gasteiger partial charge in [-0.05, 0) is 12.5 Å². The first-order valence-electron chi connectivity index (χ1n) is 7.13. The topological polar surface area (TPSA) is 128 Å². The minimum Gasteiger partial charge on any atom is -0.453 e. The van der Waals surface area contributed by atoms with Crippen molar-refractivity contribution in [2.45, 2.75) is 13.5 Å². The summed E-state index contributed by atoms with van der Waals surface area (Å²) in [5.41, 5.74) is 8.46. The van der Waals surface area contributed by atoms with Gasteiger partial charge in [-0.15, -0.1) is 0 Å². The van der Waals surface area contributed by atoms with Gasteiger partial charge in [0.1, 0.15) is 0 Å². The summed E-state index contributed by atoms with van der Waals surface area (Å²) in [4.78, 5) is 23.5. The number of aromatic nitrogens is 3. The summed E-state index contributed by atoms with van der Waals surface area (Å²) in [5.74, 6) is 0.454. The average molecular weight is 328 g/mol. The van der Waals surface area contributed by atoms with E-state index >= 15 is 0 Å². The van der Waals surface area contributed by atoms with Gasteiger partial charge in [-0.3, -0.25) is 0 Å². The van der Waals surface area contributed by atoms with Gasteiger partial charge in [0.05, 0.1) is 7.11 Å². The van der Waals surface area contributed by atoms with Gasteiger partial charge in [-0.1, -0.05) is 29.8 Å². The van der Waals surface area contributed by atoms with Crippen molar-refractivity contribution in [1.82, 2.24) is 15.0 Å². The molecule has 24 heavy (non-hydrogen) atoms. The lowest BCUT2D eigenvalue weighted by Gasteiger charge is -2.06. The highest BCUT2D eigenvalue weighted by Crippen LogP contribution is 2.24. The predicted molar refractivity (Wildman–Crippen MR) is 88.5 cm³/mol. The Morgan fingerprint density at radius 1 is 1.33 bits per heavy atom. The van der Waals surface area contributed by atoms with Crippen LogP contribution < -0.4 is 16.4 Å². The number of methoxy groups -OCH3 is 1. The number of nitrogens with two attached hydrogens (primary N) is 1. The summed E-state index contributed by atoms with van der Waals surface area (Å²) in [6.45, 7) is 2.55. The van der Waals surface area contributed by atoms with Gasteiger partial charge in [0, 0.05) is 6.54 Å². The maximum Gasteiger partial charge on any atom is 0.414 e. The summed E-state index contributed by atoms with van der Waals surface area (Å²) in [6, 6.07) is 8.00. The zero-order valence-electron chi connectivity index (χ0n) is 13.2. The highest BCUT2D eigenvalue weighted by molar-refractivity contribution is 5.87. The first kappa shape index (κ1) is 15.5. The van der Waals surface area contributed by atoms with E-state index in [0.29, 0.717) is 17.9 Å². The summed E-state index contributed by atoms with van der Waals surface area (Å²) >= 11 is 0. The fourth-order valence-corrected chi connectivity index (χ4v) is 2.16. The second-order valence-electron chi connectivity index (χ2n) is 5.06. The first-order valence-corrected chi connectivity index (χ1v) is 7.13. The van der Waals surface area contributed by atoms with Crippen LogP contribution >= 0.6 is 0 Å². The second kappa shape index (κ2) is 6.41. The summed E-state index contributed by atoms with van der Waals surface area (Å²) in [7, 11) is 1.24. The molecular formula is C15H16N6O3. The predicted octanol–water partition coefficient (Wildman–Crippen LogP) is 2.30. The van der Waals surface area contributed by atoms with Crippen LogP contribution in [0.25, 0.3) is 11.2 Å². The maximum absolute atomic E-state index is 11.2. The Balaban J connectivity index is 1.87. The smallest absolute Gasteiger partial charge is 0.414 e. The Labute approximate surface area is 137 Å². The number of carbonyl (C=O) groups excluding carboxylic acids is 1. The van der Waals surface area contributed by atoms with Crippen LogP contribution in [-0.4, -0.2) is 28.2 Å². The van der Waals surface area contributed by atoms with E-state index in [9.17, 15) is 4.79 Å². The molecule has 0 saturated carbocycles. The number of oxazole rings is 1. The zero-order valence-corrected chi connectivity index (χ0v) is 13.2. The van der Waals surface area contributed by atoms with Crippen LogP contribution in [0.3, 0.4) is 0 Å². The molecule has 3 rings (SSSR count). The molecule has 0 radical (unpaired) electrons. The van der Waals surface area contributed by atoms with Crippen LogP contribution in [-0.2, 0) is 11.3 Å². The van der Waals surface area contributed by atoms with Crippen LogP contribution in [0.4, 0.5) is 22.6 Å². The number of nitrogens with zero attached hydrogens (tertiary/aromatic N) is 3. The van der Waals surface area contributed by atoms with Gasteiger partial charge >= 0.3 is 12.1 Å². The van der Waals surface area contributed by atoms with Gasteiger partial charge in [-0.2, -0.15) is 15.0 Å². The number of nitrogens with one attached hydrogen (secondary N) is 2. The molecule has 0 unspecified atom stereocenters. The minimum atomic E-state index is -0.697. The third-order valence-corrected chi connectivity index (χ3v) is 3.21. The van der Waals surface area contributed by atoms with Gasteiger partial charge < -0.3 is 20.2 Å². The Bertz CT molecular complexity index is 892. The lowest BCUT2D eigenvalue weighted by Crippen LogP contribution is -2.10. The zero-order chi connectivity index (χ0) is 17.1. The van der Waals surface area contributed by atoms with Crippen LogP contribution in [0.15, 0.2) is 28.7 Å². The number of amides is 1. The van der Waals surface area contributed by atoms with Gasteiger partial charge in [0.15, 0.2) is 11.3 Å². The first-order chi connectivity index (χ1) is 11.5. The number of aryl methyl sites for hydroxylation is 1. The van der Waals surface area contributed by atoms with E-state index in [1.54, 1.807) is 0 Å². The number of nitrogen functional groups attached to an aromatic ring is 1. The molecule has 9 nitrogen and oxygen atoms in total. The SMILES string of the molecule is COC(=O)Nc1nc2c(NCc3cccc(C)c3)nc(N)nc2o1. The highest BCUT2D eigenvalue weighted by Gasteiger charge is 2.16.